The molecule has 0 aromatic rings. The molecule has 0 saturated heterocycles. The molecule has 1 aliphatic carbocycles. The van der Waals surface area contributed by atoms with Crippen LogP contribution in [0.25, 0.3) is 0 Å². The molecule has 2 atom stereocenters. The minimum Gasteiger partial charge on any atom is -0.369 e. The van der Waals surface area contributed by atoms with Gasteiger partial charge in [0, 0.05) is 17.9 Å². The number of hydrogen-bond acceptors (Lipinski definition) is 2. The van der Waals surface area contributed by atoms with Gasteiger partial charge in [0.15, 0.2) is 0 Å². The van der Waals surface area contributed by atoms with E-state index in [2.05, 4.69) is 19.2 Å². The molecule has 2 unspecified atom stereocenters. The van der Waals surface area contributed by atoms with E-state index < -0.39 is 0 Å². The van der Waals surface area contributed by atoms with E-state index in [0.29, 0.717) is 18.4 Å². The largest absolute Gasteiger partial charge is 0.369 e. The summed E-state index contributed by atoms with van der Waals surface area (Å²) in [5, 5.41) is 3.13. The minimum absolute atomic E-state index is 0.0307. The molecule has 0 aromatic carbocycles. The molecule has 0 bridgehead atoms. The first-order valence-corrected chi connectivity index (χ1v) is 8.05. The van der Waals surface area contributed by atoms with Gasteiger partial charge in [0.05, 0.1) is 0 Å². The molecule has 1 rings (SSSR count). The second-order valence-electron chi connectivity index (χ2n) is 6.52. The van der Waals surface area contributed by atoms with Crippen LogP contribution in [0.15, 0.2) is 0 Å². The molecule has 1 fully saturated rings. The highest BCUT2D eigenvalue weighted by Crippen LogP contribution is 2.26. The van der Waals surface area contributed by atoms with Gasteiger partial charge in [-0.25, -0.2) is 0 Å². The molecular formula is C16H30N2O2. The Hall–Kier alpha value is -1.06. The maximum Gasteiger partial charge on any atom is 0.224 e. The predicted octanol–water partition coefficient (Wildman–Crippen LogP) is 2.61. The van der Waals surface area contributed by atoms with E-state index >= 15 is 0 Å². The van der Waals surface area contributed by atoms with Crippen molar-refractivity contribution in [3.63, 3.8) is 0 Å². The van der Waals surface area contributed by atoms with Crippen LogP contribution in [0.1, 0.15) is 65.7 Å². The topological polar surface area (TPSA) is 72.2 Å². The molecule has 116 valence electrons. The smallest absolute Gasteiger partial charge is 0.224 e. The van der Waals surface area contributed by atoms with E-state index in [1.807, 2.05) is 6.92 Å². The third-order valence-corrected chi connectivity index (χ3v) is 4.21. The lowest BCUT2D eigenvalue weighted by Crippen LogP contribution is -2.44. The van der Waals surface area contributed by atoms with E-state index in [9.17, 15) is 9.59 Å². The first kappa shape index (κ1) is 17.0. The van der Waals surface area contributed by atoms with Crippen molar-refractivity contribution in [2.24, 2.45) is 23.5 Å². The molecule has 0 heterocycles. The summed E-state index contributed by atoms with van der Waals surface area (Å²) in [6, 6.07) is 0.300. The first-order chi connectivity index (χ1) is 9.45. The number of carbonyl (C=O) groups excluding carboxylic acids is 2. The van der Waals surface area contributed by atoms with E-state index in [-0.39, 0.29) is 23.7 Å². The fraction of sp³-hybridized carbons (Fsp3) is 0.875. The van der Waals surface area contributed by atoms with Gasteiger partial charge in [-0.15, -0.1) is 0 Å². The number of primary amides is 1. The average molecular weight is 282 g/mol. The van der Waals surface area contributed by atoms with Gasteiger partial charge >= 0.3 is 0 Å². The summed E-state index contributed by atoms with van der Waals surface area (Å²) in [7, 11) is 0. The molecule has 20 heavy (non-hydrogen) atoms. The lowest BCUT2D eigenvalue weighted by Gasteiger charge is -2.26. The number of nitrogens with one attached hydrogen (secondary N) is 1. The van der Waals surface area contributed by atoms with Crippen molar-refractivity contribution in [3.05, 3.63) is 0 Å². The molecule has 0 spiro atoms. The highest BCUT2D eigenvalue weighted by molar-refractivity contribution is 5.87. The number of hydrogen-bond donors (Lipinski definition) is 2. The van der Waals surface area contributed by atoms with Gasteiger partial charge in [-0.2, -0.15) is 0 Å². The van der Waals surface area contributed by atoms with Crippen LogP contribution in [0.4, 0.5) is 0 Å². The molecule has 0 aliphatic heterocycles. The summed E-state index contributed by atoms with van der Waals surface area (Å²) in [6.45, 7) is 6.17. The van der Waals surface area contributed by atoms with Gasteiger partial charge in [0.1, 0.15) is 0 Å². The Morgan fingerprint density at radius 3 is 2.25 bits per heavy atom. The monoisotopic (exact) mass is 282 g/mol. The van der Waals surface area contributed by atoms with Crippen molar-refractivity contribution in [2.45, 2.75) is 71.8 Å². The quantitative estimate of drug-likeness (QED) is 0.718. The van der Waals surface area contributed by atoms with Crippen molar-refractivity contribution >= 4 is 11.8 Å². The van der Waals surface area contributed by atoms with Gasteiger partial charge in [-0.3, -0.25) is 9.59 Å². The van der Waals surface area contributed by atoms with Gasteiger partial charge in [-0.05, 0) is 31.6 Å². The second kappa shape index (κ2) is 8.28. The van der Waals surface area contributed by atoms with Crippen LogP contribution in [0, 0.1) is 17.8 Å². The standard InChI is InChI=1S/C16H30N2O2/c1-4-7-13(14(15(17)19)10-11(2)3)16(20)18-12-8-5-6-9-12/h11-14H,4-10H2,1-3H3,(H2,17,19)(H,18,20). The van der Waals surface area contributed by atoms with Crippen LogP contribution < -0.4 is 11.1 Å². The Morgan fingerprint density at radius 1 is 1.20 bits per heavy atom. The molecule has 1 saturated carbocycles. The highest BCUT2D eigenvalue weighted by atomic mass is 16.2. The normalized spacial score (nSPS) is 19.0. The summed E-state index contributed by atoms with van der Waals surface area (Å²) in [5.41, 5.74) is 5.54. The molecule has 0 aromatic heterocycles. The molecule has 0 radical (unpaired) electrons. The molecule has 1 aliphatic rings. The lowest BCUT2D eigenvalue weighted by molar-refractivity contribution is -0.134. The average Bonchev–Trinajstić information content (AvgIpc) is 2.85. The fourth-order valence-electron chi connectivity index (χ4n) is 3.19. The summed E-state index contributed by atoms with van der Waals surface area (Å²) < 4.78 is 0. The fourth-order valence-corrected chi connectivity index (χ4v) is 3.19. The number of amides is 2. The van der Waals surface area contributed by atoms with Crippen LogP contribution in [-0.4, -0.2) is 17.9 Å². The SMILES string of the molecule is CCCC(C(=O)NC1CCCC1)C(CC(C)C)C(N)=O. The first-order valence-electron chi connectivity index (χ1n) is 8.05. The summed E-state index contributed by atoms with van der Waals surface area (Å²) >= 11 is 0. The maximum atomic E-state index is 12.5. The zero-order chi connectivity index (χ0) is 15.1. The zero-order valence-electron chi connectivity index (χ0n) is 13.2. The van der Waals surface area contributed by atoms with E-state index in [1.54, 1.807) is 0 Å². The maximum absolute atomic E-state index is 12.5. The molecule has 3 N–H and O–H groups in total. The lowest BCUT2D eigenvalue weighted by atomic mass is 9.81. The summed E-state index contributed by atoms with van der Waals surface area (Å²) in [5.74, 6) is -0.537. The van der Waals surface area contributed by atoms with Gasteiger partial charge in [-0.1, -0.05) is 40.0 Å². The van der Waals surface area contributed by atoms with Crippen LogP contribution in [0.5, 0.6) is 0 Å². The van der Waals surface area contributed by atoms with Crippen molar-refractivity contribution in [1.29, 1.82) is 0 Å². The zero-order valence-corrected chi connectivity index (χ0v) is 13.2. The number of nitrogens with two attached hydrogens (primary N) is 1. The van der Waals surface area contributed by atoms with Gasteiger partial charge in [0.25, 0.3) is 0 Å². The second-order valence-corrected chi connectivity index (χ2v) is 6.52. The Balaban J connectivity index is 2.72. The highest BCUT2D eigenvalue weighted by Gasteiger charge is 2.33. The molecular weight excluding hydrogens is 252 g/mol. The summed E-state index contributed by atoms with van der Waals surface area (Å²) in [4.78, 5) is 24.2. The third-order valence-electron chi connectivity index (χ3n) is 4.21. The van der Waals surface area contributed by atoms with Crippen molar-refractivity contribution in [2.75, 3.05) is 0 Å². The van der Waals surface area contributed by atoms with Crippen LogP contribution in [-0.2, 0) is 9.59 Å². The van der Waals surface area contributed by atoms with Crippen LogP contribution >= 0.6 is 0 Å². The van der Waals surface area contributed by atoms with Crippen LogP contribution in [0.3, 0.4) is 0 Å². The molecule has 2 amide bonds. The Bertz CT molecular complexity index is 322. The minimum atomic E-state index is -0.337. The number of rotatable bonds is 8. The number of carbonyl (C=O) groups is 2. The van der Waals surface area contributed by atoms with Crippen LogP contribution in [0.2, 0.25) is 0 Å². The Labute approximate surface area is 122 Å². The third kappa shape index (κ3) is 5.14. The van der Waals surface area contributed by atoms with Gasteiger partial charge in [0.2, 0.25) is 11.8 Å². The summed E-state index contributed by atoms with van der Waals surface area (Å²) in [6.07, 6.45) is 6.83. The Kier molecular flexibility index (Phi) is 7.03. The van der Waals surface area contributed by atoms with Crippen molar-refractivity contribution in [1.82, 2.24) is 5.32 Å². The van der Waals surface area contributed by atoms with E-state index in [1.165, 1.54) is 12.8 Å². The van der Waals surface area contributed by atoms with Crippen molar-refractivity contribution in [3.8, 4) is 0 Å². The Morgan fingerprint density at radius 2 is 1.80 bits per heavy atom. The van der Waals surface area contributed by atoms with Crippen molar-refractivity contribution < 1.29 is 9.59 Å². The van der Waals surface area contributed by atoms with E-state index in [4.69, 9.17) is 5.73 Å². The van der Waals surface area contributed by atoms with Gasteiger partial charge < -0.3 is 11.1 Å². The van der Waals surface area contributed by atoms with E-state index in [0.717, 1.165) is 25.7 Å². The predicted molar refractivity (Wildman–Crippen MR) is 80.9 cm³/mol. The molecule has 4 nitrogen and oxygen atoms in total. The molecule has 4 heteroatoms.